The Morgan fingerprint density at radius 3 is 2.83 bits per heavy atom. The topological polar surface area (TPSA) is 118 Å². The van der Waals surface area contributed by atoms with E-state index in [0.717, 1.165) is 4.31 Å². The second kappa shape index (κ2) is 5.46. The standard InChI is InChI=1S/C13H16N4O5S/c1-7-12(8(2)22-16-7)23(19,20)17-5-10-9(14-6-15-10)4-11(17)13(18)21-3/h6,11H,4-5H2,1-3H3,(H,14,15). The van der Waals surface area contributed by atoms with Crippen molar-refractivity contribution in [1.29, 1.82) is 0 Å². The highest BCUT2D eigenvalue weighted by Gasteiger charge is 2.43. The van der Waals surface area contributed by atoms with Crippen LogP contribution in [-0.2, 0) is 32.5 Å². The molecule has 2 aromatic rings. The molecule has 1 atom stereocenters. The number of imidazole rings is 1. The van der Waals surface area contributed by atoms with E-state index in [1.807, 2.05) is 0 Å². The van der Waals surface area contributed by atoms with Gasteiger partial charge in [-0.2, -0.15) is 4.31 Å². The quantitative estimate of drug-likeness (QED) is 0.798. The van der Waals surface area contributed by atoms with Crippen LogP contribution in [0.25, 0.3) is 0 Å². The van der Waals surface area contributed by atoms with E-state index in [1.54, 1.807) is 6.92 Å². The van der Waals surface area contributed by atoms with Crippen LogP contribution in [0.2, 0.25) is 0 Å². The number of H-pyrrole nitrogens is 1. The van der Waals surface area contributed by atoms with Gasteiger partial charge in [0.25, 0.3) is 0 Å². The summed E-state index contributed by atoms with van der Waals surface area (Å²) >= 11 is 0. The molecule has 1 aliphatic rings. The van der Waals surface area contributed by atoms with Crippen LogP contribution in [0, 0.1) is 13.8 Å². The van der Waals surface area contributed by atoms with E-state index in [4.69, 9.17) is 9.26 Å². The number of carbonyl (C=O) groups is 1. The van der Waals surface area contributed by atoms with E-state index in [0.29, 0.717) is 11.4 Å². The van der Waals surface area contributed by atoms with E-state index in [2.05, 4.69) is 15.1 Å². The SMILES string of the molecule is COC(=O)C1Cc2nc[nH]c2CN1S(=O)(=O)c1c(C)noc1C. The van der Waals surface area contributed by atoms with Crippen molar-refractivity contribution in [3.05, 3.63) is 29.2 Å². The Kier molecular flexibility index (Phi) is 3.72. The first-order chi connectivity index (χ1) is 10.9. The predicted molar refractivity (Wildman–Crippen MR) is 76.8 cm³/mol. The molecule has 3 heterocycles. The summed E-state index contributed by atoms with van der Waals surface area (Å²) in [5, 5.41) is 3.68. The van der Waals surface area contributed by atoms with Crippen molar-refractivity contribution in [2.24, 2.45) is 0 Å². The lowest BCUT2D eigenvalue weighted by atomic mass is 10.1. The third-order valence-electron chi connectivity index (χ3n) is 3.86. The van der Waals surface area contributed by atoms with Gasteiger partial charge in [-0.05, 0) is 13.8 Å². The molecule has 0 saturated heterocycles. The number of sulfonamides is 1. The number of carbonyl (C=O) groups excluding carboxylic acids is 1. The predicted octanol–water partition coefficient (Wildman–Crippen LogP) is 0.303. The van der Waals surface area contributed by atoms with Crippen LogP contribution in [0.4, 0.5) is 0 Å². The number of aromatic nitrogens is 3. The number of fused-ring (bicyclic) bond motifs is 1. The van der Waals surface area contributed by atoms with Gasteiger partial charge < -0.3 is 14.2 Å². The average Bonchev–Trinajstić information content (AvgIpc) is 3.11. The van der Waals surface area contributed by atoms with Gasteiger partial charge in [-0.3, -0.25) is 4.79 Å². The molecule has 3 rings (SSSR count). The Morgan fingerprint density at radius 1 is 1.48 bits per heavy atom. The number of esters is 1. The molecule has 0 amide bonds. The maximum atomic E-state index is 13.0. The van der Waals surface area contributed by atoms with Crippen LogP contribution in [0.15, 0.2) is 15.7 Å². The van der Waals surface area contributed by atoms with Crippen LogP contribution in [0.5, 0.6) is 0 Å². The minimum absolute atomic E-state index is 0.00148. The van der Waals surface area contributed by atoms with Gasteiger partial charge in [-0.1, -0.05) is 5.16 Å². The van der Waals surface area contributed by atoms with E-state index in [-0.39, 0.29) is 29.3 Å². The van der Waals surface area contributed by atoms with E-state index in [1.165, 1.54) is 20.4 Å². The molecule has 2 aromatic heterocycles. The van der Waals surface area contributed by atoms with Gasteiger partial charge >= 0.3 is 5.97 Å². The van der Waals surface area contributed by atoms with Crippen molar-refractivity contribution < 1.29 is 22.5 Å². The number of hydrogen-bond acceptors (Lipinski definition) is 7. The summed E-state index contributed by atoms with van der Waals surface area (Å²) < 4.78 is 36.9. The molecule has 1 N–H and O–H groups in total. The molecule has 0 radical (unpaired) electrons. The highest BCUT2D eigenvalue weighted by atomic mass is 32.2. The monoisotopic (exact) mass is 340 g/mol. The fourth-order valence-corrected chi connectivity index (χ4v) is 4.60. The van der Waals surface area contributed by atoms with Crippen LogP contribution in [0.1, 0.15) is 22.8 Å². The third-order valence-corrected chi connectivity index (χ3v) is 5.96. The summed E-state index contributed by atoms with van der Waals surface area (Å²) in [5.74, 6) is -0.449. The van der Waals surface area contributed by atoms with Gasteiger partial charge in [0.05, 0.1) is 31.4 Å². The lowest BCUT2D eigenvalue weighted by molar-refractivity contribution is -0.145. The molecule has 0 bridgehead atoms. The molecule has 1 unspecified atom stereocenters. The van der Waals surface area contributed by atoms with Crippen molar-refractivity contribution >= 4 is 16.0 Å². The van der Waals surface area contributed by atoms with Crippen LogP contribution in [0.3, 0.4) is 0 Å². The van der Waals surface area contributed by atoms with Gasteiger partial charge in [0.1, 0.15) is 16.6 Å². The van der Waals surface area contributed by atoms with Crippen LogP contribution >= 0.6 is 0 Å². The first kappa shape index (κ1) is 15.7. The van der Waals surface area contributed by atoms with E-state index in [9.17, 15) is 13.2 Å². The Labute approximate surface area is 132 Å². The molecule has 0 aromatic carbocycles. The number of methoxy groups -OCH3 is 1. The molecule has 1 aliphatic heterocycles. The maximum absolute atomic E-state index is 13.0. The lowest BCUT2D eigenvalue weighted by Crippen LogP contribution is -2.49. The minimum atomic E-state index is -3.98. The van der Waals surface area contributed by atoms with Crippen molar-refractivity contribution in [3.63, 3.8) is 0 Å². The average molecular weight is 340 g/mol. The Hall–Kier alpha value is -2.20. The van der Waals surface area contributed by atoms with E-state index < -0.39 is 22.0 Å². The van der Waals surface area contributed by atoms with Crippen molar-refractivity contribution in [2.45, 2.75) is 37.8 Å². The fourth-order valence-electron chi connectivity index (χ4n) is 2.76. The first-order valence-corrected chi connectivity index (χ1v) is 8.34. The van der Waals surface area contributed by atoms with Crippen LogP contribution < -0.4 is 0 Å². The minimum Gasteiger partial charge on any atom is -0.468 e. The number of nitrogens with zero attached hydrogens (tertiary/aromatic N) is 3. The third kappa shape index (κ3) is 2.43. The summed E-state index contributed by atoms with van der Waals surface area (Å²) in [4.78, 5) is 19.1. The number of aromatic amines is 1. The number of nitrogens with one attached hydrogen (secondary N) is 1. The number of hydrogen-bond donors (Lipinski definition) is 1. The Balaban J connectivity index is 2.10. The highest BCUT2D eigenvalue weighted by molar-refractivity contribution is 7.89. The smallest absolute Gasteiger partial charge is 0.324 e. The fraction of sp³-hybridized carbons (Fsp3) is 0.462. The zero-order valence-corrected chi connectivity index (χ0v) is 13.7. The van der Waals surface area contributed by atoms with Gasteiger partial charge in [0, 0.05) is 6.42 Å². The summed E-state index contributed by atoms with van der Waals surface area (Å²) in [7, 11) is -2.75. The lowest BCUT2D eigenvalue weighted by Gasteiger charge is -2.31. The first-order valence-electron chi connectivity index (χ1n) is 6.90. The summed E-state index contributed by atoms with van der Waals surface area (Å²) in [6.45, 7) is 3.06. The van der Waals surface area contributed by atoms with Gasteiger partial charge in [0.15, 0.2) is 5.76 Å². The van der Waals surface area contributed by atoms with Crippen molar-refractivity contribution in [3.8, 4) is 0 Å². The number of ether oxygens (including phenoxy) is 1. The molecule has 0 fully saturated rings. The zero-order chi connectivity index (χ0) is 16.8. The number of aryl methyl sites for hydroxylation is 2. The van der Waals surface area contributed by atoms with Crippen LogP contribution in [-0.4, -0.2) is 47.0 Å². The maximum Gasteiger partial charge on any atom is 0.324 e. The molecule has 0 aliphatic carbocycles. The Bertz CT molecular complexity index is 834. The van der Waals surface area contributed by atoms with Crippen molar-refractivity contribution in [1.82, 2.24) is 19.4 Å². The Morgan fingerprint density at radius 2 is 2.22 bits per heavy atom. The van der Waals surface area contributed by atoms with Gasteiger partial charge in [0.2, 0.25) is 10.0 Å². The normalized spacial score (nSPS) is 18.7. The largest absolute Gasteiger partial charge is 0.468 e. The molecule has 23 heavy (non-hydrogen) atoms. The molecule has 9 nitrogen and oxygen atoms in total. The van der Waals surface area contributed by atoms with Crippen molar-refractivity contribution in [2.75, 3.05) is 7.11 Å². The molecular formula is C13H16N4O5S. The second-order valence-electron chi connectivity index (χ2n) is 5.27. The zero-order valence-electron chi connectivity index (χ0n) is 12.9. The summed E-state index contributed by atoms with van der Waals surface area (Å²) in [6, 6.07) is -0.977. The summed E-state index contributed by atoms with van der Waals surface area (Å²) in [6.07, 6.45) is 1.62. The number of rotatable bonds is 3. The summed E-state index contributed by atoms with van der Waals surface area (Å²) in [5.41, 5.74) is 1.56. The molecule has 124 valence electrons. The van der Waals surface area contributed by atoms with Gasteiger partial charge in [-0.15, -0.1) is 0 Å². The molecule has 10 heteroatoms. The molecule has 0 spiro atoms. The van der Waals surface area contributed by atoms with E-state index >= 15 is 0 Å². The molecule has 0 saturated carbocycles. The van der Waals surface area contributed by atoms with Gasteiger partial charge in [-0.25, -0.2) is 13.4 Å². The second-order valence-corrected chi connectivity index (χ2v) is 7.10. The highest BCUT2D eigenvalue weighted by Crippen LogP contribution is 2.30. The molecular weight excluding hydrogens is 324 g/mol.